The van der Waals surface area contributed by atoms with Gasteiger partial charge in [-0.1, -0.05) is 6.92 Å². The molecule has 1 aromatic rings. The van der Waals surface area contributed by atoms with Crippen LogP contribution in [0, 0.1) is 0 Å². The second-order valence-corrected chi connectivity index (χ2v) is 6.30. The summed E-state index contributed by atoms with van der Waals surface area (Å²) < 4.78 is 35.9. The number of carbonyl (C=O) groups excluding carboxylic acids is 1. The van der Waals surface area contributed by atoms with Crippen molar-refractivity contribution < 1.29 is 22.4 Å². The highest BCUT2D eigenvalue weighted by atomic mass is 32.2. The lowest BCUT2D eigenvalue weighted by atomic mass is 10.2. The molecule has 0 saturated carbocycles. The van der Waals surface area contributed by atoms with Gasteiger partial charge in [0.25, 0.3) is 15.9 Å². The average molecular weight is 302 g/mol. The second kappa shape index (κ2) is 5.94. The van der Waals surface area contributed by atoms with E-state index in [4.69, 9.17) is 9.15 Å². The van der Waals surface area contributed by atoms with Crippen molar-refractivity contribution in [1.82, 2.24) is 9.62 Å². The molecule has 1 aliphatic heterocycles. The Morgan fingerprint density at radius 2 is 2.25 bits per heavy atom. The van der Waals surface area contributed by atoms with E-state index in [0.717, 1.165) is 6.42 Å². The van der Waals surface area contributed by atoms with Gasteiger partial charge in [0.2, 0.25) is 5.09 Å². The van der Waals surface area contributed by atoms with Gasteiger partial charge in [0, 0.05) is 13.1 Å². The predicted octanol–water partition coefficient (Wildman–Crippen LogP) is 0.439. The largest absolute Gasteiger partial charge is 0.438 e. The van der Waals surface area contributed by atoms with Crippen LogP contribution in [0.3, 0.4) is 0 Å². The number of rotatable bonds is 4. The molecule has 1 unspecified atom stereocenters. The van der Waals surface area contributed by atoms with E-state index < -0.39 is 10.0 Å². The van der Waals surface area contributed by atoms with Crippen LogP contribution in [0.1, 0.15) is 23.9 Å². The Kier molecular flexibility index (Phi) is 4.46. The van der Waals surface area contributed by atoms with Crippen molar-refractivity contribution in [2.24, 2.45) is 0 Å². The standard InChI is InChI=1S/C12H18N2O5S/c1-3-9-8-14(6-7-18-9)12(15)10-4-5-11(19-10)20(16,17)13-2/h4-5,9,13H,3,6-8H2,1-2H3. The summed E-state index contributed by atoms with van der Waals surface area (Å²) >= 11 is 0. The molecule has 8 heteroatoms. The maximum Gasteiger partial charge on any atom is 0.289 e. The van der Waals surface area contributed by atoms with Crippen LogP contribution in [0.15, 0.2) is 21.6 Å². The number of amides is 1. The smallest absolute Gasteiger partial charge is 0.289 e. The SMILES string of the molecule is CCC1CN(C(=O)c2ccc(S(=O)(=O)NC)o2)CCO1. The molecule has 1 aliphatic rings. The van der Waals surface area contributed by atoms with Crippen molar-refractivity contribution in [1.29, 1.82) is 0 Å². The minimum absolute atomic E-state index is 0.0168. The maximum absolute atomic E-state index is 12.3. The molecule has 1 aromatic heterocycles. The first-order valence-electron chi connectivity index (χ1n) is 6.42. The number of morpholine rings is 1. The number of hydrogen-bond donors (Lipinski definition) is 1. The Balaban J connectivity index is 2.14. The quantitative estimate of drug-likeness (QED) is 0.871. The fourth-order valence-electron chi connectivity index (χ4n) is 1.99. The van der Waals surface area contributed by atoms with Gasteiger partial charge < -0.3 is 14.1 Å². The van der Waals surface area contributed by atoms with E-state index in [9.17, 15) is 13.2 Å². The fourth-order valence-corrected chi connectivity index (χ4v) is 2.63. The average Bonchev–Trinajstić information content (AvgIpc) is 2.97. The molecule has 112 valence electrons. The summed E-state index contributed by atoms with van der Waals surface area (Å²) in [5.74, 6) is -0.292. The number of carbonyl (C=O) groups is 1. The molecule has 0 radical (unpaired) electrons. The Morgan fingerprint density at radius 1 is 1.50 bits per heavy atom. The van der Waals surface area contributed by atoms with Gasteiger partial charge in [0.05, 0.1) is 12.7 Å². The van der Waals surface area contributed by atoms with Crippen LogP contribution in [0.2, 0.25) is 0 Å². The molecule has 1 N–H and O–H groups in total. The van der Waals surface area contributed by atoms with Crippen molar-refractivity contribution in [3.05, 3.63) is 17.9 Å². The fraction of sp³-hybridized carbons (Fsp3) is 0.583. The van der Waals surface area contributed by atoms with E-state index >= 15 is 0 Å². The third-order valence-electron chi connectivity index (χ3n) is 3.21. The third kappa shape index (κ3) is 3.02. The van der Waals surface area contributed by atoms with Gasteiger partial charge >= 0.3 is 0 Å². The molecule has 0 aliphatic carbocycles. The van der Waals surface area contributed by atoms with E-state index in [1.165, 1.54) is 19.2 Å². The summed E-state index contributed by atoms with van der Waals surface area (Å²) in [6, 6.07) is 2.65. The predicted molar refractivity (Wildman–Crippen MR) is 70.9 cm³/mol. The lowest BCUT2D eigenvalue weighted by Crippen LogP contribution is -2.45. The zero-order valence-corrected chi connectivity index (χ0v) is 12.3. The highest BCUT2D eigenvalue weighted by molar-refractivity contribution is 7.89. The highest BCUT2D eigenvalue weighted by Gasteiger charge is 2.27. The maximum atomic E-state index is 12.3. The molecule has 1 saturated heterocycles. The van der Waals surface area contributed by atoms with Gasteiger partial charge in [0.15, 0.2) is 5.76 Å². The van der Waals surface area contributed by atoms with Crippen molar-refractivity contribution in [2.75, 3.05) is 26.7 Å². The summed E-state index contributed by atoms with van der Waals surface area (Å²) in [7, 11) is -2.38. The van der Waals surface area contributed by atoms with Crippen molar-refractivity contribution in [2.45, 2.75) is 24.5 Å². The highest BCUT2D eigenvalue weighted by Crippen LogP contribution is 2.17. The van der Waals surface area contributed by atoms with Gasteiger partial charge in [-0.15, -0.1) is 0 Å². The summed E-state index contributed by atoms with van der Waals surface area (Å²) in [5, 5.41) is -0.261. The van der Waals surface area contributed by atoms with Crippen LogP contribution in [0.5, 0.6) is 0 Å². The normalized spacial score (nSPS) is 20.1. The molecule has 7 nitrogen and oxygen atoms in total. The number of nitrogens with one attached hydrogen (secondary N) is 1. The van der Waals surface area contributed by atoms with Crippen molar-refractivity contribution >= 4 is 15.9 Å². The Morgan fingerprint density at radius 3 is 2.90 bits per heavy atom. The van der Waals surface area contributed by atoms with Gasteiger partial charge in [-0.25, -0.2) is 13.1 Å². The van der Waals surface area contributed by atoms with Crippen LogP contribution >= 0.6 is 0 Å². The molecule has 0 aromatic carbocycles. The lowest BCUT2D eigenvalue weighted by molar-refractivity contribution is -0.0236. The topological polar surface area (TPSA) is 88.9 Å². The number of sulfonamides is 1. The molecule has 1 fully saturated rings. The van der Waals surface area contributed by atoms with Crippen molar-refractivity contribution in [3.8, 4) is 0 Å². The molecular weight excluding hydrogens is 284 g/mol. The van der Waals surface area contributed by atoms with E-state index in [-0.39, 0.29) is 22.9 Å². The minimum atomic E-state index is -3.67. The number of nitrogens with zero attached hydrogens (tertiary/aromatic N) is 1. The Labute approximate surface area is 117 Å². The first-order chi connectivity index (χ1) is 9.47. The molecule has 2 heterocycles. The second-order valence-electron chi connectivity index (χ2n) is 4.48. The van der Waals surface area contributed by atoms with Crippen LogP contribution in [0.4, 0.5) is 0 Å². The minimum Gasteiger partial charge on any atom is -0.438 e. The van der Waals surface area contributed by atoms with Crippen LogP contribution in [-0.2, 0) is 14.8 Å². The van der Waals surface area contributed by atoms with E-state index in [2.05, 4.69) is 4.72 Å². The lowest BCUT2D eigenvalue weighted by Gasteiger charge is -2.31. The molecule has 2 rings (SSSR count). The summed E-state index contributed by atoms with van der Waals surface area (Å²) in [5.41, 5.74) is 0. The zero-order valence-electron chi connectivity index (χ0n) is 11.5. The summed E-state index contributed by atoms with van der Waals surface area (Å²) in [6.07, 6.45) is 0.838. The molecule has 20 heavy (non-hydrogen) atoms. The first kappa shape index (κ1) is 15.0. The first-order valence-corrected chi connectivity index (χ1v) is 7.90. The summed E-state index contributed by atoms with van der Waals surface area (Å²) in [4.78, 5) is 13.9. The number of ether oxygens (including phenoxy) is 1. The zero-order chi connectivity index (χ0) is 14.8. The molecular formula is C12H18N2O5S. The van der Waals surface area contributed by atoms with Gasteiger partial charge in [-0.05, 0) is 25.6 Å². The van der Waals surface area contributed by atoms with Crippen LogP contribution in [0.25, 0.3) is 0 Å². The van der Waals surface area contributed by atoms with E-state index in [1.54, 1.807) is 4.90 Å². The van der Waals surface area contributed by atoms with Crippen LogP contribution in [-0.4, -0.2) is 52.1 Å². The van der Waals surface area contributed by atoms with Gasteiger partial charge in [-0.3, -0.25) is 4.79 Å². The third-order valence-corrected chi connectivity index (χ3v) is 4.49. The molecule has 0 spiro atoms. The van der Waals surface area contributed by atoms with E-state index in [1.807, 2.05) is 6.92 Å². The molecule has 0 bridgehead atoms. The summed E-state index contributed by atoms with van der Waals surface area (Å²) in [6.45, 7) is 3.43. The number of furan rings is 1. The van der Waals surface area contributed by atoms with Crippen molar-refractivity contribution in [3.63, 3.8) is 0 Å². The van der Waals surface area contributed by atoms with E-state index in [0.29, 0.717) is 19.7 Å². The van der Waals surface area contributed by atoms with Crippen LogP contribution < -0.4 is 4.72 Å². The van der Waals surface area contributed by atoms with Gasteiger partial charge in [0.1, 0.15) is 0 Å². The number of hydrogen-bond acceptors (Lipinski definition) is 5. The molecule has 1 amide bonds. The Bertz CT molecular complexity index is 580. The Hall–Kier alpha value is -1.38. The molecule has 1 atom stereocenters. The monoisotopic (exact) mass is 302 g/mol. The van der Waals surface area contributed by atoms with Gasteiger partial charge in [-0.2, -0.15) is 0 Å².